The van der Waals surface area contributed by atoms with E-state index in [4.69, 9.17) is 27.8 Å². The molecule has 0 amide bonds. The maximum absolute atomic E-state index is 5.81. The fourth-order valence-corrected chi connectivity index (χ4v) is 2.21. The molecule has 16 heavy (non-hydrogen) atoms. The van der Waals surface area contributed by atoms with Crippen molar-refractivity contribution in [3.05, 3.63) is 39.5 Å². The van der Waals surface area contributed by atoms with Crippen molar-refractivity contribution in [2.24, 2.45) is 0 Å². The lowest BCUT2D eigenvalue weighted by Crippen LogP contribution is -1.97. The van der Waals surface area contributed by atoms with Gasteiger partial charge in [-0.05, 0) is 18.2 Å². The summed E-state index contributed by atoms with van der Waals surface area (Å²) in [4.78, 5) is 1.07. The fourth-order valence-electron chi connectivity index (χ4n) is 1.23. The van der Waals surface area contributed by atoms with Crippen LogP contribution in [0.1, 0.15) is 4.88 Å². The quantitative estimate of drug-likeness (QED) is 0.828. The van der Waals surface area contributed by atoms with Crippen molar-refractivity contribution in [3.8, 4) is 5.75 Å². The van der Waals surface area contributed by atoms with Crippen LogP contribution < -0.4 is 16.2 Å². The molecule has 0 radical (unpaired) electrons. The monoisotopic (exact) mass is 254 g/mol. The van der Waals surface area contributed by atoms with Gasteiger partial charge in [-0.3, -0.25) is 0 Å². The zero-order chi connectivity index (χ0) is 11.5. The number of rotatable bonds is 3. The Bertz CT molecular complexity index is 498. The van der Waals surface area contributed by atoms with Crippen molar-refractivity contribution in [2.75, 3.05) is 11.5 Å². The van der Waals surface area contributed by atoms with Gasteiger partial charge < -0.3 is 16.2 Å². The van der Waals surface area contributed by atoms with Crippen LogP contribution >= 0.6 is 22.9 Å². The minimum Gasteiger partial charge on any atom is -0.488 e. The predicted octanol–water partition coefficient (Wildman–Crippen LogP) is 3.14. The summed E-state index contributed by atoms with van der Waals surface area (Å²) in [5.41, 5.74) is 12.4. The number of benzene rings is 1. The molecule has 0 bridgehead atoms. The molecule has 84 valence electrons. The highest BCUT2D eigenvalue weighted by Gasteiger charge is 2.01. The number of nitrogens with two attached hydrogens (primary N) is 2. The SMILES string of the molecule is Nc1ccc(OCc2cc(Cl)cs2)cc1N. The molecular formula is C11H11ClN2OS. The molecule has 2 aromatic rings. The van der Waals surface area contributed by atoms with Gasteiger partial charge in [-0.2, -0.15) is 0 Å². The molecule has 0 fully saturated rings. The molecule has 0 spiro atoms. The Morgan fingerprint density at radius 2 is 2.00 bits per heavy atom. The first kappa shape index (κ1) is 11.1. The second-order valence-corrected chi connectivity index (χ2v) is 4.74. The zero-order valence-electron chi connectivity index (χ0n) is 8.44. The Morgan fingerprint density at radius 3 is 2.62 bits per heavy atom. The first-order valence-corrected chi connectivity index (χ1v) is 5.91. The van der Waals surface area contributed by atoms with Gasteiger partial charge in [0.25, 0.3) is 0 Å². The molecule has 5 heteroatoms. The first-order valence-electron chi connectivity index (χ1n) is 4.66. The molecule has 0 atom stereocenters. The topological polar surface area (TPSA) is 61.3 Å². The van der Waals surface area contributed by atoms with Crippen LogP contribution in [0.15, 0.2) is 29.6 Å². The van der Waals surface area contributed by atoms with Gasteiger partial charge in [-0.1, -0.05) is 11.6 Å². The van der Waals surface area contributed by atoms with Gasteiger partial charge in [0, 0.05) is 16.3 Å². The summed E-state index contributed by atoms with van der Waals surface area (Å²) in [5, 5.41) is 2.61. The lowest BCUT2D eigenvalue weighted by molar-refractivity contribution is 0.310. The standard InChI is InChI=1S/C11H11ClN2OS/c12-7-3-9(16-6-7)5-15-8-1-2-10(13)11(14)4-8/h1-4,6H,5,13-14H2. The highest BCUT2D eigenvalue weighted by atomic mass is 35.5. The van der Waals surface area contributed by atoms with E-state index in [2.05, 4.69) is 0 Å². The summed E-state index contributed by atoms with van der Waals surface area (Å²) in [5.74, 6) is 0.705. The van der Waals surface area contributed by atoms with Crippen LogP contribution in [0.2, 0.25) is 5.02 Å². The van der Waals surface area contributed by atoms with Crippen LogP contribution in [-0.2, 0) is 6.61 Å². The molecule has 1 aromatic heterocycles. The van der Waals surface area contributed by atoms with Gasteiger partial charge in [0.05, 0.1) is 16.4 Å². The van der Waals surface area contributed by atoms with E-state index in [1.165, 1.54) is 0 Å². The minimum absolute atomic E-state index is 0.487. The summed E-state index contributed by atoms with van der Waals surface area (Å²) in [7, 11) is 0. The van der Waals surface area contributed by atoms with E-state index in [1.54, 1.807) is 29.5 Å². The van der Waals surface area contributed by atoms with Crippen molar-refractivity contribution in [3.63, 3.8) is 0 Å². The van der Waals surface area contributed by atoms with Crippen LogP contribution in [0.4, 0.5) is 11.4 Å². The van der Waals surface area contributed by atoms with Gasteiger partial charge in [-0.15, -0.1) is 11.3 Å². The molecule has 0 aliphatic heterocycles. The van der Waals surface area contributed by atoms with Crippen molar-refractivity contribution >= 4 is 34.3 Å². The molecule has 0 aliphatic carbocycles. The summed E-state index contributed by atoms with van der Waals surface area (Å²) in [6.45, 7) is 0.487. The normalized spacial score (nSPS) is 10.3. The molecule has 0 aliphatic rings. The second kappa shape index (κ2) is 4.63. The zero-order valence-corrected chi connectivity index (χ0v) is 10.0. The average molecular weight is 255 g/mol. The number of thiophene rings is 1. The van der Waals surface area contributed by atoms with Crippen LogP contribution in [-0.4, -0.2) is 0 Å². The number of ether oxygens (including phenoxy) is 1. The Hall–Kier alpha value is -1.39. The number of halogens is 1. The average Bonchev–Trinajstić information content (AvgIpc) is 2.66. The minimum atomic E-state index is 0.487. The lowest BCUT2D eigenvalue weighted by Gasteiger charge is -2.06. The Morgan fingerprint density at radius 1 is 1.19 bits per heavy atom. The maximum atomic E-state index is 5.81. The smallest absolute Gasteiger partial charge is 0.122 e. The summed E-state index contributed by atoms with van der Waals surface area (Å²) < 4.78 is 5.56. The van der Waals surface area contributed by atoms with Crippen molar-refractivity contribution in [1.29, 1.82) is 0 Å². The maximum Gasteiger partial charge on any atom is 0.122 e. The second-order valence-electron chi connectivity index (χ2n) is 3.31. The van der Waals surface area contributed by atoms with E-state index in [0.717, 1.165) is 9.90 Å². The third kappa shape index (κ3) is 2.59. The predicted molar refractivity (Wildman–Crippen MR) is 68.9 cm³/mol. The van der Waals surface area contributed by atoms with E-state index in [1.807, 2.05) is 11.4 Å². The summed E-state index contributed by atoms with van der Waals surface area (Å²) in [6.07, 6.45) is 0. The van der Waals surface area contributed by atoms with Crippen molar-refractivity contribution in [2.45, 2.75) is 6.61 Å². The Kier molecular flexibility index (Phi) is 3.22. The highest BCUT2D eigenvalue weighted by Crippen LogP contribution is 2.24. The molecule has 3 nitrogen and oxygen atoms in total. The Labute approximate surface area is 103 Å². The summed E-state index contributed by atoms with van der Waals surface area (Å²) >= 11 is 7.37. The van der Waals surface area contributed by atoms with Gasteiger partial charge in [0.15, 0.2) is 0 Å². The van der Waals surface area contributed by atoms with E-state index in [0.29, 0.717) is 23.7 Å². The van der Waals surface area contributed by atoms with Crippen LogP contribution in [0.5, 0.6) is 5.75 Å². The molecule has 0 saturated carbocycles. The number of hydrogen-bond acceptors (Lipinski definition) is 4. The van der Waals surface area contributed by atoms with E-state index in [-0.39, 0.29) is 0 Å². The van der Waals surface area contributed by atoms with Crippen LogP contribution in [0, 0.1) is 0 Å². The highest BCUT2D eigenvalue weighted by molar-refractivity contribution is 7.10. The molecule has 4 N–H and O–H groups in total. The van der Waals surface area contributed by atoms with E-state index in [9.17, 15) is 0 Å². The molecule has 1 aromatic carbocycles. The van der Waals surface area contributed by atoms with Crippen molar-refractivity contribution in [1.82, 2.24) is 0 Å². The molecule has 1 heterocycles. The van der Waals surface area contributed by atoms with E-state index < -0.39 is 0 Å². The largest absolute Gasteiger partial charge is 0.488 e. The van der Waals surface area contributed by atoms with Gasteiger partial charge in [-0.25, -0.2) is 0 Å². The fraction of sp³-hybridized carbons (Fsp3) is 0.0909. The first-order chi connectivity index (χ1) is 7.65. The molecule has 2 rings (SSSR count). The van der Waals surface area contributed by atoms with Gasteiger partial charge in [0.2, 0.25) is 0 Å². The number of anilines is 2. The van der Waals surface area contributed by atoms with Gasteiger partial charge >= 0.3 is 0 Å². The van der Waals surface area contributed by atoms with Crippen LogP contribution in [0.25, 0.3) is 0 Å². The third-order valence-electron chi connectivity index (χ3n) is 2.06. The number of nitrogen functional groups attached to an aromatic ring is 2. The number of hydrogen-bond donors (Lipinski definition) is 2. The third-order valence-corrected chi connectivity index (χ3v) is 3.32. The molecule has 0 unspecified atom stereocenters. The van der Waals surface area contributed by atoms with Gasteiger partial charge in [0.1, 0.15) is 12.4 Å². The summed E-state index contributed by atoms with van der Waals surface area (Å²) in [6, 6.07) is 7.12. The lowest BCUT2D eigenvalue weighted by atomic mass is 10.2. The van der Waals surface area contributed by atoms with Crippen LogP contribution in [0.3, 0.4) is 0 Å². The Balaban J connectivity index is 2.02. The molecular weight excluding hydrogens is 244 g/mol. The van der Waals surface area contributed by atoms with E-state index >= 15 is 0 Å². The van der Waals surface area contributed by atoms with Crippen molar-refractivity contribution < 1.29 is 4.74 Å². The molecule has 0 saturated heterocycles.